The minimum Gasteiger partial charge on any atom is -0.477 e. The Hall–Kier alpha value is -1.62. The fourth-order valence-corrected chi connectivity index (χ4v) is 2.04. The zero-order valence-corrected chi connectivity index (χ0v) is 10.8. The summed E-state index contributed by atoms with van der Waals surface area (Å²) in [7, 11) is 3.88. The summed E-state index contributed by atoms with van der Waals surface area (Å²) in [5, 5.41) is 9.18. The summed E-state index contributed by atoms with van der Waals surface area (Å²) in [4.78, 5) is 17.5. The summed E-state index contributed by atoms with van der Waals surface area (Å²) in [5.74, 6) is -0.720. The molecular weight excluding hydrogens is 232 g/mol. The number of aromatic carboxylic acids is 1. The molecule has 0 unspecified atom stereocenters. The topological polar surface area (TPSA) is 62.7 Å². The van der Waals surface area contributed by atoms with Gasteiger partial charge < -0.3 is 14.7 Å². The molecule has 1 aliphatic carbocycles. The highest BCUT2D eigenvalue weighted by atomic mass is 16.5. The van der Waals surface area contributed by atoms with Crippen LogP contribution in [0.5, 0.6) is 5.88 Å². The standard InChI is InChI=1S/C13H18N2O3/c1-15(2)6-7-18-12-10(13(16)17)8-9-4-3-5-11(9)14-12/h8H,3-7H2,1-2H3,(H,16,17). The van der Waals surface area contributed by atoms with Crippen LogP contribution >= 0.6 is 0 Å². The van der Waals surface area contributed by atoms with Crippen LogP contribution in [0.1, 0.15) is 28.0 Å². The first kappa shape index (κ1) is 12.8. The minimum absolute atomic E-state index is 0.175. The quantitative estimate of drug-likeness (QED) is 0.851. The molecule has 1 aliphatic rings. The Kier molecular flexibility index (Phi) is 3.81. The van der Waals surface area contributed by atoms with Gasteiger partial charge in [-0.1, -0.05) is 0 Å². The van der Waals surface area contributed by atoms with Crippen LogP contribution < -0.4 is 4.74 Å². The first-order chi connectivity index (χ1) is 8.58. The molecule has 0 bridgehead atoms. The number of pyridine rings is 1. The molecule has 0 radical (unpaired) electrons. The van der Waals surface area contributed by atoms with Crippen molar-refractivity contribution in [2.45, 2.75) is 19.3 Å². The van der Waals surface area contributed by atoms with Crippen LogP contribution in [0, 0.1) is 0 Å². The van der Waals surface area contributed by atoms with E-state index in [2.05, 4.69) is 4.98 Å². The Balaban J connectivity index is 2.19. The Morgan fingerprint density at radius 2 is 2.28 bits per heavy atom. The van der Waals surface area contributed by atoms with E-state index in [4.69, 9.17) is 4.74 Å². The van der Waals surface area contributed by atoms with Crippen molar-refractivity contribution in [3.63, 3.8) is 0 Å². The molecule has 0 fully saturated rings. The average molecular weight is 250 g/mol. The van der Waals surface area contributed by atoms with Crippen LogP contribution in [0.25, 0.3) is 0 Å². The lowest BCUT2D eigenvalue weighted by molar-refractivity contribution is 0.0690. The molecule has 0 saturated heterocycles. The fourth-order valence-electron chi connectivity index (χ4n) is 2.04. The van der Waals surface area contributed by atoms with Crippen LogP contribution in [-0.4, -0.2) is 48.2 Å². The number of rotatable bonds is 5. The molecule has 0 spiro atoms. The summed E-state index contributed by atoms with van der Waals surface area (Å²) in [6, 6.07) is 1.71. The molecule has 0 aliphatic heterocycles. The minimum atomic E-state index is -0.975. The first-order valence-corrected chi connectivity index (χ1v) is 6.11. The van der Waals surface area contributed by atoms with Gasteiger partial charge in [0.15, 0.2) is 0 Å². The van der Waals surface area contributed by atoms with Crippen LogP contribution in [0.2, 0.25) is 0 Å². The Labute approximate surface area is 106 Å². The van der Waals surface area contributed by atoms with Crippen LogP contribution in [-0.2, 0) is 12.8 Å². The second kappa shape index (κ2) is 5.35. The molecule has 0 aromatic carbocycles. The van der Waals surface area contributed by atoms with Crippen molar-refractivity contribution >= 4 is 5.97 Å². The van der Waals surface area contributed by atoms with Crippen molar-refractivity contribution in [1.82, 2.24) is 9.88 Å². The number of aryl methyl sites for hydroxylation is 2. The van der Waals surface area contributed by atoms with Crippen molar-refractivity contribution in [2.75, 3.05) is 27.2 Å². The lowest BCUT2D eigenvalue weighted by Gasteiger charge is -2.13. The summed E-state index contributed by atoms with van der Waals surface area (Å²) in [5.41, 5.74) is 2.21. The predicted molar refractivity (Wildman–Crippen MR) is 67.3 cm³/mol. The average Bonchev–Trinajstić information content (AvgIpc) is 2.74. The van der Waals surface area contributed by atoms with Gasteiger partial charge in [0.05, 0.1) is 0 Å². The molecule has 0 atom stereocenters. The van der Waals surface area contributed by atoms with Gasteiger partial charge in [-0.3, -0.25) is 0 Å². The zero-order chi connectivity index (χ0) is 13.1. The summed E-state index contributed by atoms with van der Waals surface area (Å²) >= 11 is 0. The summed E-state index contributed by atoms with van der Waals surface area (Å²) in [6.45, 7) is 1.18. The van der Waals surface area contributed by atoms with E-state index in [-0.39, 0.29) is 11.4 Å². The Bertz CT molecular complexity index is 458. The highest BCUT2D eigenvalue weighted by molar-refractivity contribution is 5.90. The molecule has 0 saturated carbocycles. The molecule has 1 aromatic rings. The second-order valence-corrected chi connectivity index (χ2v) is 4.76. The number of likely N-dealkylation sites (N-methyl/N-ethyl adjacent to an activating group) is 1. The van der Waals surface area contributed by atoms with Crippen LogP contribution in [0.3, 0.4) is 0 Å². The van der Waals surface area contributed by atoms with E-state index in [0.29, 0.717) is 6.61 Å². The number of aromatic nitrogens is 1. The molecule has 1 N–H and O–H groups in total. The van der Waals surface area contributed by atoms with E-state index in [1.807, 2.05) is 19.0 Å². The third-order valence-electron chi connectivity index (χ3n) is 3.02. The maximum atomic E-state index is 11.2. The monoisotopic (exact) mass is 250 g/mol. The van der Waals surface area contributed by atoms with E-state index in [9.17, 15) is 9.90 Å². The number of ether oxygens (including phenoxy) is 1. The number of nitrogens with zero attached hydrogens (tertiary/aromatic N) is 2. The molecule has 98 valence electrons. The third-order valence-corrected chi connectivity index (χ3v) is 3.02. The van der Waals surface area contributed by atoms with Crippen molar-refractivity contribution < 1.29 is 14.6 Å². The molecule has 18 heavy (non-hydrogen) atoms. The first-order valence-electron chi connectivity index (χ1n) is 6.11. The van der Waals surface area contributed by atoms with Gasteiger partial charge in [-0.2, -0.15) is 0 Å². The third kappa shape index (κ3) is 2.79. The molecule has 1 aromatic heterocycles. The van der Waals surface area contributed by atoms with E-state index in [0.717, 1.165) is 37.1 Å². The molecule has 5 nitrogen and oxygen atoms in total. The van der Waals surface area contributed by atoms with Gasteiger partial charge in [0.2, 0.25) is 5.88 Å². The zero-order valence-electron chi connectivity index (χ0n) is 10.8. The van der Waals surface area contributed by atoms with Gasteiger partial charge in [-0.25, -0.2) is 9.78 Å². The maximum absolute atomic E-state index is 11.2. The van der Waals surface area contributed by atoms with Gasteiger partial charge in [0.25, 0.3) is 0 Å². The molecular formula is C13H18N2O3. The van der Waals surface area contributed by atoms with Gasteiger partial charge in [0, 0.05) is 12.2 Å². The van der Waals surface area contributed by atoms with Crippen LogP contribution in [0.4, 0.5) is 0 Å². The van der Waals surface area contributed by atoms with E-state index in [1.165, 1.54) is 0 Å². The van der Waals surface area contributed by atoms with Gasteiger partial charge in [-0.05, 0) is 45.0 Å². The maximum Gasteiger partial charge on any atom is 0.341 e. The van der Waals surface area contributed by atoms with E-state index >= 15 is 0 Å². The number of carbonyl (C=O) groups is 1. The van der Waals surface area contributed by atoms with Gasteiger partial charge >= 0.3 is 5.97 Å². The van der Waals surface area contributed by atoms with Gasteiger partial charge in [-0.15, -0.1) is 0 Å². The highest BCUT2D eigenvalue weighted by Gasteiger charge is 2.20. The molecule has 5 heteroatoms. The fraction of sp³-hybridized carbons (Fsp3) is 0.538. The number of fused-ring (bicyclic) bond motifs is 1. The number of carboxylic acid groups (broad SMARTS) is 1. The number of hydrogen-bond donors (Lipinski definition) is 1. The molecule has 2 rings (SSSR count). The Morgan fingerprint density at radius 3 is 2.94 bits per heavy atom. The second-order valence-electron chi connectivity index (χ2n) is 4.76. The summed E-state index contributed by atoms with van der Waals surface area (Å²) in [6.07, 6.45) is 2.88. The smallest absolute Gasteiger partial charge is 0.341 e. The molecule has 0 amide bonds. The van der Waals surface area contributed by atoms with Crippen molar-refractivity contribution in [3.8, 4) is 5.88 Å². The SMILES string of the molecule is CN(C)CCOc1nc2c(cc1C(=O)O)CCC2. The number of hydrogen-bond acceptors (Lipinski definition) is 4. The highest BCUT2D eigenvalue weighted by Crippen LogP contribution is 2.26. The Morgan fingerprint density at radius 1 is 1.50 bits per heavy atom. The van der Waals surface area contributed by atoms with Crippen LogP contribution in [0.15, 0.2) is 6.07 Å². The van der Waals surface area contributed by atoms with Crippen molar-refractivity contribution in [3.05, 3.63) is 22.9 Å². The normalized spacial score (nSPS) is 13.7. The molecule has 1 heterocycles. The largest absolute Gasteiger partial charge is 0.477 e. The lowest BCUT2D eigenvalue weighted by atomic mass is 10.1. The van der Waals surface area contributed by atoms with Crippen molar-refractivity contribution in [1.29, 1.82) is 0 Å². The number of carboxylic acids is 1. The summed E-state index contributed by atoms with van der Waals surface area (Å²) < 4.78 is 5.50. The lowest BCUT2D eigenvalue weighted by Crippen LogP contribution is -2.20. The van der Waals surface area contributed by atoms with Crippen molar-refractivity contribution in [2.24, 2.45) is 0 Å². The predicted octanol–water partition coefficient (Wildman–Crippen LogP) is 1.21. The van der Waals surface area contributed by atoms with E-state index < -0.39 is 5.97 Å². The van der Waals surface area contributed by atoms with E-state index in [1.54, 1.807) is 6.07 Å². The van der Waals surface area contributed by atoms with Gasteiger partial charge in [0.1, 0.15) is 12.2 Å².